The third-order valence-electron chi connectivity index (χ3n) is 3.00. The molecular weight excluding hydrogens is 289 g/mol. The summed E-state index contributed by atoms with van der Waals surface area (Å²) in [7, 11) is 0. The Morgan fingerprint density at radius 1 is 1.31 bits per heavy atom. The minimum atomic E-state index is -0.240. The van der Waals surface area contributed by atoms with Gasteiger partial charge in [-0.15, -0.1) is 0 Å². The molecule has 0 aromatic heterocycles. The largest absolute Gasteiger partial charge is 0.391 e. The molecule has 2 rings (SSSR count). The molecule has 0 saturated heterocycles. The van der Waals surface area contributed by atoms with Gasteiger partial charge in [0.1, 0.15) is 0 Å². The maximum Gasteiger partial charge on any atom is 0.0741 e. The van der Waals surface area contributed by atoms with Crippen molar-refractivity contribution in [2.75, 3.05) is 5.32 Å². The lowest BCUT2D eigenvalue weighted by atomic mass is 9.92. The second-order valence-electron chi connectivity index (χ2n) is 4.23. The average molecular weight is 305 g/mol. The Balaban J connectivity index is 2.05. The van der Waals surface area contributed by atoms with E-state index in [9.17, 15) is 5.11 Å². The van der Waals surface area contributed by atoms with Gasteiger partial charge in [-0.05, 0) is 47.0 Å². The van der Waals surface area contributed by atoms with Gasteiger partial charge in [0.25, 0.3) is 0 Å². The highest BCUT2D eigenvalue weighted by atomic mass is 79.9. The molecule has 2 atom stereocenters. The summed E-state index contributed by atoms with van der Waals surface area (Å²) in [5.74, 6) is 0. The number of rotatable bonds is 2. The molecule has 0 heterocycles. The van der Waals surface area contributed by atoms with Gasteiger partial charge in [0.05, 0.1) is 17.2 Å². The molecule has 0 spiro atoms. The van der Waals surface area contributed by atoms with Crippen LogP contribution in [0.4, 0.5) is 5.69 Å². The van der Waals surface area contributed by atoms with E-state index in [1.165, 1.54) is 6.42 Å². The van der Waals surface area contributed by atoms with E-state index in [4.69, 9.17) is 11.6 Å². The van der Waals surface area contributed by atoms with Crippen molar-refractivity contribution >= 4 is 33.2 Å². The van der Waals surface area contributed by atoms with Gasteiger partial charge in [-0.25, -0.2) is 0 Å². The molecular formula is C12H15BrClNO. The number of benzene rings is 1. The molecule has 4 heteroatoms. The monoisotopic (exact) mass is 303 g/mol. The summed E-state index contributed by atoms with van der Waals surface area (Å²) in [5, 5.41) is 13.9. The van der Waals surface area contributed by atoms with Crippen molar-refractivity contribution in [3.63, 3.8) is 0 Å². The van der Waals surface area contributed by atoms with Crippen LogP contribution in [0.2, 0.25) is 5.02 Å². The Labute approximate surface area is 109 Å². The maximum atomic E-state index is 9.85. The Kier molecular flexibility index (Phi) is 4.11. The Bertz CT molecular complexity index is 372. The number of anilines is 1. The minimum absolute atomic E-state index is 0.158. The first-order chi connectivity index (χ1) is 7.66. The van der Waals surface area contributed by atoms with Gasteiger partial charge in [0.2, 0.25) is 0 Å². The molecule has 1 saturated carbocycles. The van der Waals surface area contributed by atoms with Crippen molar-refractivity contribution in [2.45, 2.75) is 37.8 Å². The molecule has 16 heavy (non-hydrogen) atoms. The summed E-state index contributed by atoms with van der Waals surface area (Å²) in [6.07, 6.45) is 3.98. The topological polar surface area (TPSA) is 32.3 Å². The maximum absolute atomic E-state index is 9.85. The van der Waals surface area contributed by atoms with Crippen LogP contribution in [0.5, 0.6) is 0 Å². The lowest BCUT2D eigenvalue weighted by Gasteiger charge is -2.29. The van der Waals surface area contributed by atoms with E-state index in [0.717, 1.165) is 29.4 Å². The second-order valence-corrected chi connectivity index (χ2v) is 5.49. The van der Waals surface area contributed by atoms with Crippen LogP contribution >= 0.6 is 27.5 Å². The summed E-state index contributed by atoms with van der Waals surface area (Å²) < 4.78 is 0.893. The van der Waals surface area contributed by atoms with Gasteiger partial charge in [0.15, 0.2) is 0 Å². The number of hydrogen-bond donors (Lipinski definition) is 2. The second kappa shape index (κ2) is 5.39. The molecule has 1 aromatic carbocycles. The highest BCUT2D eigenvalue weighted by Gasteiger charge is 2.22. The predicted molar refractivity (Wildman–Crippen MR) is 71.0 cm³/mol. The standard InChI is InChI=1S/C12H15BrClNO/c13-9-6-5-8(7-10(9)14)15-11-3-1-2-4-12(11)16/h5-7,11-12,15-16H,1-4H2/t11-,12-/m1/s1. The van der Waals surface area contributed by atoms with E-state index in [2.05, 4.69) is 21.2 Å². The molecule has 0 unspecified atom stereocenters. The van der Waals surface area contributed by atoms with Gasteiger partial charge in [-0.2, -0.15) is 0 Å². The number of aliphatic hydroxyl groups is 1. The smallest absolute Gasteiger partial charge is 0.0741 e. The minimum Gasteiger partial charge on any atom is -0.391 e. The van der Waals surface area contributed by atoms with Crippen LogP contribution in [0.25, 0.3) is 0 Å². The van der Waals surface area contributed by atoms with Crippen LogP contribution in [-0.2, 0) is 0 Å². The summed E-state index contributed by atoms with van der Waals surface area (Å²) >= 11 is 9.38. The van der Waals surface area contributed by atoms with E-state index >= 15 is 0 Å². The van der Waals surface area contributed by atoms with Gasteiger partial charge in [0, 0.05) is 10.2 Å². The zero-order chi connectivity index (χ0) is 11.5. The predicted octanol–water partition coefficient (Wildman–Crippen LogP) is 3.82. The zero-order valence-corrected chi connectivity index (χ0v) is 11.3. The third-order valence-corrected chi connectivity index (χ3v) is 4.23. The fourth-order valence-electron chi connectivity index (χ4n) is 2.08. The van der Waals surface area contributed by atoms with Crippen molar-refractivity contribution in [3.8, 4) is 0 Å². The lowest BCUT2D eigenvalue weighted by molar-refractivity contribution is 0.116. The molecule has 88 valence electrons. The zero-order valence-electron chi connectivity index (χ0n) is 8.92. The van der Waals surface area contributed by atoms with E-state index in [0.29, 0.717) is 5.02 Å². The number of halogens is 2. The summed E-state index contributed by atoms with van der Waals surface area (Å²) in [5.41, 5.74) is 0.971. The first-order valence-corrected chi connectivity index (χ1v) is 6.73. The first kappa shape index (κ1) is 12.2. The average Bonchev–Trinajstić information content (AvgIpc) is 2.27. The normalized spacial score (nSPS) is 25.4. The highest BCUT2D eigenvalue weighted by Crippen LogP contribution is 2.28. The van der Waals surface area contributed by atoms with Crippen LogP contribution in [0.1, 0.15) is 25.7 Å². The lowest BCUT2D eigenvalue weighted by Crippen LogP contribution is -2.36. The highest BCUT2D eigenvalue weighted by molar-refractivity contribution is 9.10. The molecule has 2 nitrogen and oxygen atoms in total. The molecule has 2 N–H and O–H groups in total. The molecule has 0 bridgehead atoms. The fourth-order valence-corrected chi connectivity index (χ4v) is 2.51. The van der Waals surface area contributed by atoms with Crippen LogP contribution in [-0.4, -0.2) is 17.3 Å². The molecule has 1 aromatic rings. The summed E-state index contributed by atoms with van der Waals surface area (Å²) in [6, 6.07) is 5.93. The SMILES string of the molecule is O[C@@H]1CCCC[C@H]1Nc1ccc(Br)c(Cl)c1. The van der Waals surface area contributed by atoms with E-state index in [1.807, 2.05) is 18.2 Å². The van der Waals surface area contributed by atoms with Crippen molar-refractivity contribution in [3.05, 3.63) is 27.7 Å². The van der Waals surface area contributed by atoms with E-state index in [1.54, 1.807) is 0 Å². The van der Waals surface area contributed by atoms with Crippen molar-refractivity contribution in [1.29, 1.82) is 0 Å². The first-order valence-electron chi connectivity index (χ1n) is 5.56. The van der Waals surface area contributed by atoms with E-state index < -0.39 is 0 Å². The van der Waals surface area contributed by atoms with Gasteiger partial charge in [-0.1, -0.05) is 24.4 Å². The van der Waals surface area contributed by atoms with Crippen molar-refractivity contribution in [1.82, 2.24) is 0 Å². The molecule has 0 radical (unpaired) electrons. The van der Waals surface area contributed by atoms with Crippen LogP contribution in [0, 0.1) is 0 Å². The third kappa shape index (κ3) is 2.90. The Morgan fingerprint density at radius 2 is 2.06 bits per heavy atom. The van der Waals surface area contributed by atoms with Crippen LogP contribution < -0.4 is 5.32 Å². The Morgan fingerprint density at radius 3 is 2.75 bits per heavy atom. The fraction of sp³-hybridized carbons (Fsp3) is 0.500. The van der Waals surface area contributed by atoms with Gasteiger partial charge in [-0.3, -0.25) is 0 Å². The summed E-state index contributed by atoms with van der Waals surface area (Å²) in [4.78, 5) is 0. The van der Waals surface area contributed by atoms with Crippen LogP contribution in [0.15, 0.2) is 22.7 Å². The molecule has 0 amide bonds. The molecule has 1 aliphatic carbocycles. The Hall–Kier alpha value is -0.250. The number of nitrogens with one attached hydrogen (secondary N) is 1. The number of aliphatic hydroxyl groups excluding tert-OH is 1. The van der Waals surface area contributed by atoms with Gasteiger partial charge >= 0.3 is 0 Å². The van der Waals surface area contributed by atoms with Crippen molar-refractivity contribution < 1.29 is 5.11 Å². The summed E-state index contributed by atoms with van der Waals surface area (Å²) in [6.45, 7) is 0. The molecule has 1 fully saturated rings. The number of hydrogen-bond acceptors (Lipinski definition) is 2. The molecule has 0 aliphatic heterocycles. The van der Waals surface area contributed by atoms with Crippen LogP contribution in [0.3, 0.4) is 0 Å². The van der Waals surface area contributed by atoms with Crippen molar-refractivity contribution in [2.24, 2.45) is 0 Å². The van der Waals surface area contributed by atoms with E-state index in [-0.39, 0.29) is 12.1 Å². The molecule has 1 aliphatic rings. The van der Waals surface area contributed by atoms with Gasteiger partial charge < -0.3 is 10.4 Å². The quantitative estimate of drug-likeness (QED) is 0.870.